The van der Waals surface area contributed by atoms with E-state index in [1.165, 1.54) is 11.3 Å². The number of hydrogen-bond acceptors (Lipinski definition) is 5. The predicted molar refractivity (Wildman–Crippen MR) is 67.9 cm³/mol. The summed E-state index contributed by atoms with van der Waals surface area (Å²) in [6.07, 6.45) is 1.83. The summed E-state index contributed by atoms with van der Waals surface area (Å²) >= 11 is 1.27. The van der Waals surface area contributed by atoms with Crippen LogP contribution in [0.3, 0.4) is 0 Å². The lowest BCUT2D eigenvalue weighted by Crippen LogP contribution is -2.33. The third kappa shape index (κ3) is 2.85. The van der Waals surface area contributed by atoms with Gasteiger partial charge in [-0.1, -0.05) is 25.2 Å². The number of hydrogen-bond donors (Lipinski definition) is 3. The van der Waals surface area contributed by atoms with Crippen LogP contribution < -0.4 is 16.4 Å². The van der Waals surface area contributed by atoms with Crippen LogP contribution in [0.15, 0.2) is 0 Å². The molecule has 1 aromatic rings. The van der Waals surface area contributed by atoms with Crippen molar-refractivity contribution in [2.45, 2.75) is 32.7 Å². The highest BCUT2D eigenvalue weighted by atomic mass is 32.1. The maximum Gasteiger partial charge on any atom is 0.265 e. The normalized spacial score (nSPS) is 10.5. The predicted octanol–water partition coefficient (Wildman–Crippen LogP) is 1.69. The lowest BCUT2D eigenvalue weighted by Gasteiger charge is -2.13. The van der Waals surface area contributed by atoms with Gasteiger partial charge in [0.05, 0.1) is 0 Å². The van der Waals surface area contributed by atoms with Crippen molar-refractivity contribution in [3.8, 4) is 0 Å². The van der Waals surface area contributed by atoms with Crippen molar-refractivity contribution >= 4 is 28.2 Å². The van der Waals surface area contributed by atoms with Crippen molar-refractivity contribution in [3.63, 3.8) is 0 Å². The molecule has 16 heavy (non-hydrogen) atoms. The largest absolute Gasteiger partial charge is 0.382 e. The summed E-state index contributed by atoms with van der Waals surface area (Å²) in [5.74, 6) is 0.156. The Balaban J connectivity index is 2.75. The van der Waals surface area contributed by atoms with E-state index in [9.17, 15) is 4.79 Å². The van der Waals surface area contributed by atoms with Crippen LogP contribution in [0.25, 0.3) is 0 Å². The van der Waals surface area contributed by atoms with Gasteiger partial charge in [-0.3, -0.25) is 4.79 Å². The summed E-state index contributed by atoms with van der Waals surface area (Å²) in [5, 5.41) is 6.47. The molecule has 4 N–H and O–H groups in total. The van der Waals surface area contributed by atoms with E-state index in [1.807, 2.05) is 13.8 Å². The molecule has 0 aliphatic carbocycles. The summed E-state index contributed by atoms with van der Waals surface area (Å²) in [6.45, 7) is 4.09. The van der Waals surface area contributed by atoms with Crippen molar-refractivity contribution in [2.75, 3.05) is 18.1 Å². The zero-order valence-corrected chi connectivity index (χ0v) is 10.6. The first-order valence-electron chi connectivity index (χ1n) is 5.37. The minimum Gasteiger partial charge on any atom is -0.382 e. The maximum absolute atomic E-state index is 11.9. The van der Waals surface area contributed by atoms with Crippen molar-refractivity contribution in [3.05, 3.63) is 4.88 Å². The second-order valence-corrected chi connectivity index (χ2v) is 4.47. The molecule has 1 heterocycles. The van der Waals surface area contributed by atoms with Crippen LogP contribution in [-0.2, 0) is 0 Å². The average molecular weight is 242 g/mol. The number of nitrogen functional groups attached to an aromatic ring is 1. The first kappa shape index (κ1) is 12.8. The molecule has 0 unspecified atom stereocenters. The SMILES string of the molecule is CCC(CC)NC(=O)c1sc(NC)nc1N. The Kier molecular flexibility index (Phi) is 4.54. The number of nitrogens with zero attached hydrogens (tertiary/aromatic N) is 1. The number of rotatable bonds is 5. The van der Waals surface area contributed by atoms with Gasteiger partial charge in [-0.25, -0.2) is 4.98 Å². The number of carbonyl (C=O) groups is 1. The van der Waals surface area contributed by atoms with Gasteiger partial charge in [0.25, 0.3) is 5.91 Å². The van der Waals surface area contributed by atoms with Gasteiger partial charge in [-0.2, -0.15) is 0 Å². The molecule has 5 nitrogen and oxygen atoms in total. The van der Waals surface area contributed by atoms with E-state index in [-0.39, 0.29) is 17.8 Å². The highest BCUT2D eigenvalue weighted by molar-refractivity contribution is 7.18. The van der Waals surface area contributed by atoms with E-state index in [1.54, 1.807) is 7.05 Å². The van der Waals surface area contributed by atoms with Gasteiger partial charge < -0.3 is 16.4 Å². The standard InChI is InChI=1S/C10H18N4OS/c1-4-6(5-2)13-9(15)7-8(11)14-10(12-3)16-7/h6H,4-5,11H2,1-3H3,(H,12,14)(H,13,15). The molecule has 1 rings (SSSR count). The number of anilines is 2. The number of thiazole rings is 1. The maximum atomic E-state index is 11.9. The topological polar surface area (TPSA) is 80.0 Å². The minimum atomic E-state index is -0.134. The van der Waals surface area contributed by atoms with Crippen LogP contribution in [0, 0.1) is 0 Å². The Morgan fingerprint density at radius 2 is 2.12 bits per heavy atom. The number of carbonyl (C=O) groups excluding carboxylic acids is 1. The van der Waals surface area contributed by atoms with Gasteiger partial charge in [0.2, 0.25) is 0 Å². The second kappa shape index (κ2) is 5.69. The number of nitrogens with one attached hydrogen (secondary N) is 2. The number of amides is 1. The van der Waals surface area contributed by atoms with E-state index in [4.69, 9.17) is 5.73 Å². The molecular formula is C10H18N4OS. The molecule has 0 radical (unpaired) electrons. The van der Waals surface area contributed by atoms with Gasteiger partial charge in [0.1, 0.15) is 10.7 Å². The Morgan fingerprint density at radius 1 is 1.50 bits per heavy atom. The number of aromatic nitrogens is 1. The highest BCUT2D eigenvalue weighted by Crippen LogP contribution is 2.24. The van der Waals surface area contributed by atoms with Gasteiger partial charge in [-0.15, -0.1) is 0 Å². The van der Waals surface area contributed by atoms with E-state index in [2.05, 4.69) is 15.6 Å². The molecule has 90 valence electrons. The van der Waals surface area contributed by atoms with Crippen molar-refractivity contribution < 1.29 is 4.79 Å². The zero-order chi connectivity index (χ0) is 12.1. The lowest BCUT2D eigenvalue weighted by atomic mass is 10.2. The molecule has 1 amide bonds. The molecule has 0 saturated carbocycles. The second-order valence-electron chi connectivity index (χ2n) is 3.47. The molecule has 1 aromatic heterocycles. The Hall–Kier alpha value is -1.30. The molecule has 0 fully saturated rings. The van der Waals surface area contributed by atoms with Crippen LogP contribution in [0.2, 0.25) is 0 Å². The molecule has 0 spiro atoms. The highest BCUT2D eigenvalue weighted by Gasteiger charge is 2.17. The van der Waals surface area contributed by atoms with Gasteiger partial charge in [-0.05, 0) is 12.8 Å². The molecular weight excluding hydrogens is 224 g/mol. The fraction of sp³-hybridized carbons (Fsp3) is 0.600. The summed E-state index contributed by atoms with van der Waals surface area (Å²) in [6, 6.07) is 0.201. The minimum absolute atomic E-state index is 0.134. The molecule has 0 atom stereocenters. The summed E-state index contributed by atoms with van der Waals surface area (Å²) in [5.41, 5.74) is 5.67. The number of nitrogens with two attached hydrogens (primary N) is 1. The molecule has 6 heteroatoms. The van der Waals surface area contributed by atoms with Crippen molar-refractivity contribution in [1.82, 2.24) is 10.3 Å². The van der Waals surface area contributed by atoms with Crippen LogP contribution >= 0.6 is 11.3 Å². The first-order valence-corrected chi connectivity index (χ1v) is 6.18. The lowest BCUT2D eigenvalue weighted by molar-refractivity contribution is 0.0939. The van der Waals surface area contributed by atoms with E-state index < -0.39 is 0 Å². The molecule has 0 aliphatic rings. The molecule has 0 saturated heterocycles. The molecule has 0 bridgehead atoms. The third-order valence-corrected chi connectivity index (χ3v) is 3.48. The van der Waals surface area contributed by atoms with E-state index in [0.29, 0.717) is 10.0 Å². The van der Waals surface area contributed by atoms with Gasteiger partial charge in [0.15, 0.2) is 5.13 Å². The van der Waals surface area contributed by atoms with Crippen LogP contribution in [0.4, 0.5) is 10.9 Å². The van der Waals surface area contributed by atoms with Crippen LogP contribution in [0.5, 0.6) is 0 Å². The molecule has 0 aromatic carbocycles. The fourth-order valence-electron chi connectivity index (χ4n) is 1.35. The fourth-order valence-corrected chi connectivity index (χ4v) is 2.09. The van der Waals surface area contributed by atoms with Crippen LogP contribution in [0.1, 0.15) is 36.4 Å². The van der Waals surface area contributed by atoms with Gasteiger partial charge in [0, 0.05) is 13.1 Å². The van der Waals surface area contributed by atoms with Crippen molar-refractivity contribution in [1.29, 1.82) is 0 Å². The zero-order valence-electron chi connectivity index (χ0n) is 9.83. The smallest absolute Gasteiger partial charge is 0.265 e. The molecule has 0 aliphatic heterocycles. The summed E-state index contributed by atoms with van der Waals surface area (Å²) < 4.78 is 0. The average Bonchev–Trinajstić information content (AvgIpc) is 2.67. The monoisotopic (exact) mass is 242 g/mol. The quantitative estimate of drug-likeness (QED) is 0.734. The van der Waals surface area contributed by atoms with E-state index in [0.717, 1.165) is 12.8 Å². The van der Waals surface area contributed by atoms with Crippen molar-refractivity contribution in [2.24, 2.45) is 0 Å². The summed E-state index contributed by atoms with van der Waals surface area (Å²) in [7, 11) is 1.75. The van der Waals surface area contributed by atoms with Gasteiger partial charge >= 0.3 is 0 Å². The summed E-state index contributed by atoms with van der Waals surface area (Å²) in [4.78, 5) is 16.4. The first-order chi connectivity index (χ1) is 7.62. The third-order valence-electron chi connectivity index (χ3n) is 2.39. The Bertz CT molecular complexity index is 360. The Morgan fingerprint density at radius 3 is 2.56 bits per heavy atom. The van der Waals surface area contributed by atoms with E-state index >= 15 is 0 Å². The Labute approximate surface area is 99.4 Å². The van der Waals surface area contributed by atoms with Crippen LogP contribution in [-0.4, -0.2) is 24.0 Å².